The molecule has 27 heavy (non-hydrogen) atoms. The number of carbonyl (C=O) groups excluding carboxylic acids is 1. The zero-order valence-electron chi connectivity index (χ0n) is 16.7. The van der Waals surface area contributed by atoms with Crippen LogP contribution in [-0.4, -0.2) is 41.4 Å². The van der Waals surface area contributed by atoms with Crippen LogP contribution >= 0.6 is 0 Å². The third kappa shape index (κ3) is 3.70. The van der Waals surface area contributed by atoms with Crippen LogP contribution in [0.15, 0.2) is 24.3 Å². The molecule has 1 unspecified atom stereocenters. The lowest BCUT2D eigenvalue weighted by Gasteiger charge is -2.24. The number of rotatable bonds is 5. The third-order valence-electron chi connectivity index (χ3n) is 5.29. The highest BCUT2D eigenvalue weighted by Crippen LogP contribution is 2.37. The number of nitrogens with zero attached hydrogens (tertiary/aromatic N) is 3. The van der Waals surface area contributed by atoms with Crippen LogP contribution in [0.1, 0.15) is 41.4 Å². The Morgan fingerprint density at radius 2 is 1.96 bits per heavy atom. The molecule has 0 aliphatic carbocycles. The number of methoxy groups -OCH3 is 2. The van der Waals surface area contributed by atoms with Crippen LogP contribution in [0.2, 0.25) is 0 Å². The van der Waals surface area contributed by atoms with Gasteiger partial charge in [-0.2, -0.15) is 5.10 Å². The second-order valence-electron chi connectivity index (χ2n) is 6.85. The number of ether oxygens (including phenoxy) is 2. The van der Waals surface area contributed by atoms with Crippen molar-refractivity contribution in [3.8, 4) is 11.5 Å². The molecule has 0 bridgehead atoms. The lowest BCUT2D eigenvalue weighted by molar-refractivity contribution is -0.126. The van der Waals surface area contributed by atoms with Gasteiger partial charge in [0, 0.05) is 30.9 Å². The van der Waals surface area contributed by atoms with Crippen molar-refractivity contribution in [2.45, 2.75) is 32.7 Å². The van der Waals surface area contributed by atoms with Gasteiger partial charge in [0.2, 0.25) is 5.91 Å². The Balaban J connectivity index is 1.81. The quantitative estimate of drug-likeness (QED) is 0.758. The molecule has 0 spiro atoms. The molecule has 1 aliphatic rings. The van der Waals surface area contributed by atoms with Crippen molar-refractivity contribution < 1.29 is 14.3 Å². The van der Waals surface area contributed by atoms with E-state index in [1.807, 2.05) is 54.8 Å². The second kappa shape index (κ2) is 7.86. The third-order valence-corrected chi connectivity index (χ3v) is 5.29. The van der Waals surface area contributed by atoms with Gasteiger partial charge in [-0.1, -0.05) is 6.07 Å². The fraction of sp³-hybridized carbons (Fsp3) is 0.429. The van der Waals surface area contributed by atoms with Crippen LogP contribution in [0.4, 0.5) is 0 Å². The Kier molecular flexibility index (Phi) is 5.54. The van der Waals surface area contributed by atoms with Crippen LogP contribution in [0.5, 0.6) is 11.5 Å². The maximum absolute atomic E-state index is 12.9. The van der Waals surface area contributed by atoms with Crippen LogP contribution in [0, 0.1) is 13.8 Å². The number of likely N-dealkylation sites (tertiary alicyclic amines) is 1. The Morgan fingerprint density at radius 1 is 1.22 bits per heavy atom. The van der Waals surface area contributed by atoms with E-state index in [2.05, 4.69) is 5.10 Å². The van der Waals surface area contributed by atoms with E-state index < -0.39 is 0 Å². The smallest absolute Gasteiger partial charge is 0.247 e. The monoisotopic (exact) mass is 369 g/mol. The number of carbonyl (C=O) groups is 1. The highest BCUT2D eigenvalue weighted by molar-refractivity contribution is 5.92. The van der Waals surface area contributed by atoms with Crippen molar-refractivity contribution in [2.24, 2.45) is 7.05 Å². The van der Waals surface area contributed by atoms with E-state index in [1.54, 1.807) is 20.3 Å². The lowest BCUT2D eigenvalue weighted by atomic mass is 10.0. The van der Waals surface area contributed by atoms with E-state index in [9.17, 15) is 4.79 Å². The maximum Gasteiger partial charge on any atom is 0.247 e. The van der Waals surface area contributed by atoms with E-state index in [0.29, 0.717) is 11.5 Å². The van der Waals surface area contributed by atoms with Crippen LogP contribution in [0.25, 0.3) is 6.08 Å². The highest BCUT2D eigenvalue weighted by atomic mass is 16.5. The Bertz CT molecular complexity index is 870. The summed E-state index contributed by atoms with van der Waals surface area (Å²) in [6.07, 6.45) is 5.48. The van der Waals surface area contributed by atoms with E-state index >= 15 is 0 Å². The molecule has 1 amide bonds. The molecule has 144 valence electrons. The lowest BCUT2D eigenvalue weighted by Crippen LogP contribution is -2.28. The summed E-state index contributed by atoms with van der Waals surface area (Å²) in [4.78, 5) is 14.8. The van der Waals surface area contributed by atoms with Gasteiger partial charge in [0.1, 0.15) is 0 Å². The van der Waals surface area contributed by atoms with E-state index in [0.717, 1.165) is 41.9 Å². The molecule has 2 aromatic rings. The van der Waals surface area contributed by atoms with Gasteiger partial charge in [-0.25, -0.2) is 0 Å². The molecule has 1 aliphatic heterocycles. The molecule has 2 heterocycles. The van der Waals surface area contributed by atoms with Crippen molar-refractivity contribution in [3.63, 3.8) is 0 Å². The van der Waals surface area contributed by atoms with Gasteiger partial charge in [0.15, 0.2) is 11.5 Å². The van der Waals surface area contributed by atoms with Gasteiger partial charge in [-0.3, -0.25) is 9.48 Å². The van der Waals surface area contributed by atoms with Gasteiger partial charge in [0.05, 0.1) is 26.0 Å². The largest absolute Gasteiger partial charge is 0.493 e. The van der Waals surface area contributed by atoms with Crippen molar-refractivity contribution in [1.29, 1.82) is 0 Å². The summed E-state index contributed by atoms with van der Waals surface area (Å²) >= 11 is 0. The molecule has 1 fully saturated rings. The zero-order chi connectivity index (χ0) is 19.6. The van der Waals surface area contributed by atoms with Crippen molar-refractivity contribution in [2.75, 3.05) is 20.8 Å². The number of benzene rings is 1. The van der Waals surface area contributed by atoms with Gasteiger partial charge in [-0.15, -0.1) is 0 Å². The summed E-state index contributed by atoms with van der Waals surface area (Å²) in [7, 11) is 5.16. The van der Waals surface area contributed by atoms with Crippen LogP contribution in [0.3, 0.4) is 0 Å². The standard InChI is InChI=1S/C21H27N3O3/c1-14-17(15(2)23(3)22-14)9-11-21(25)24-12-6-7-18(24)16-8-10-19(26-4)20(13-16)27-5/h8-11,13,18H,6-7,12H2,1-5H3/b11-9+. The first-order valence-corrected chi connectivity index (χ1v) is 9.17. The molecule has 0 N–H and O–H groups in total. The van der Waals surface area contributed by atoms with Crippen molar-refractivity contribution in [1.82, 2.24) is 14.7 Å². The van der Waals surface area contributed by atoms with Gasteiger partial charge in [0.25, 0.3) is 0 Å². The molecule has 0 radical (unpaired) electrons. The number of aryl methyl sites for hydroxylation is 2. The number of hydrogen-bond donors (Lipinski definition) is 0. The zero-order valence-corrected chi connectivity index (χ0v) is 16.7. The molecule has 1 atom stereocenters. The molecular weight excluding hydrogens is 342 g/mol. The Morgan fingerprint density at radius 3 is 2.59 bits per heavy atom. The van der Waals surface area contributed by atoms with E-state index in [1.165, 1.54) is 0 Å². The molecule has 6 heteroatoms. The first kappa shape index (κ1) is 19.0. The fourth-order valence-electron chi connectivity index (χ4n) is 3.72. The Labute approximate surface area is 160 Å². The SMILES string of the molecule is COc1ccc(C2CCCN2C(=O)/C=C/c2c(C)nn(C)c2C)cc1OC. The number of amides is 1. The first-order chi connectivity index (χ1) is 13.0. The maximum atomic E-state index is 12.9. The topological polar surface area (TPSA) is 56.6 Å². The minimum absolute atomic E-state index is 0.0231. The summed E-state index contributed by atoms with van der Waals surface area (Å²) in [5.41, 5.74) is 4.06. The molecule has 0 saturated carbocycles. The second-order valence-corrected chi connectivity index (χ2v) is 6.85. The Hall–Kier alpha value is -2.76. The molecule has 1 aromatic carbocycles. The van der Waals surface area contributed by atoms with Crippen molar-refractivity contribution in [3.05, 3.63) is 46.8 Å². The van der Waals surface area contributed by atoms with Crippen LogP contribution in [-0.2, 0) is 11.8 Å². The fourth-order valence-corrected chi connectivity index (χ4v) is 3.72. The van der Waals surface area contributed by atoms with Crippen LogP contribution < -0.4 is 9.47 Å². The molecule has 6 nitrogen and oxygen atoms in total. The highest BCUT2D eigenvalue weighted by Gasteiger charge is 2.29. The predicted molar refractivity (Wildman–Crippen MR) is 105 cm³/mol. The minimum atomic E-state index is 0.0231. The summed E-state index contributed by atoms with van der Waals surface area (Å²) < 4.78 is 12.6. The van der Waals surface area contributed by atoms with Gasteiger partial charge < -0.3 is 14.4 Å². The van der Waals surface area contributed by atoms with Crippen molar-refractivity contribution >= 4 is 12.0 Å². The van der Waals surface area contributed by atoms with E-state index in [-0.39, 0.29) is 11.9 Å². The normalized spacial score (nSPS) is 16.9. The van der Waals surface area contributed by atoms with Gasteiger partial charge in [-0.05, 0) is 50.5 Å². The first-order valence-electron chi connectivity index (χ1n) is 9.17. The predicted octanol–water partition coefficient (Wildman–Crippen LogP) is 3.43. The molecule has 3 rings (SSSR count). The van der Waals surface area contributed by atoms with E-state index in [4.69, 9.17) is 9.47 Å². The minimum Gasteiger partial charge on any atom is -0.493 e. The average Bonchev–Trinajstić information content (AvgIpc) is 3.25. The summed E-state index contributed by atoms with van der Waals surface area (Å²) in [5.74, 6) is 1.40. The summed E-state index contributed by atoms with van der Waals surface area (Å²) in [6, 6.07) is 5.93. The van der Waals surface area contributed by atoms with Gasteiger partial charge >= 0.3 is 0 Å². The molecular formula is C21H27N3O3. The summed E-state index contributed by atoms with van der Waals surface area (Å²) in [5, 5.41) is 4.40. The number of aromatic nitrogens is 2. The summed E-state index contributed by atoms with van der Waals surface area (Å²) in [6.45, 7) is 4.72. The molecule has 1 saturated heterocycles. The molecule has 1 aromatic heterocycles. The average molecular weight is 369 g/mol. The number of hydrogen-bond acceptors (Lipinski definition) is 4.